The van der Waals surface area contributed by atoms with Crippen LogP contribution in [0.1, 0.15) is 54.3 Å². The predicted molar refractivity (Wildman–Crippen MR) is 94.3 cm³/mol. The van der Waals surface area contributed by atoms with Crippen LogP contribution < -0.4 is 5.32 Å². The van der Waals surface area contributed by atoms with Gasteiger partial charge in [0.1, 0.15) is 0 Å². The summed E-state index contributed by atoms with van der Waals surface area (Å²) in [5, 5.41) is 12.7. The number of unbranched alkanes of at least 4 members (excludes halogenated alkanes) is 2. The highest BCUT2D eigenvalue weighted by molar-refractivity contribution is 7.21. The van der Waals surface area contributed by atoms with E-state index in [1.54, 1.807) is 11.3 Å². The van der Waals surface area contributed by atoms with E-state index in [0.717, 1.165) is 40.8 Å². The maximum Gasteiger partial charge on any atom is 0.303 e. The van der Waals surface area contributed by atoms with E-state index in [1.165, 1.54) is 5.39 Å². The zero-order valence-electron chi connectivity index (χ0n) is 13.4. The quantitative estimate of drug-likeness (QED) is 0.675. The molecule has 2 N–H and O–H groups in total. The average Bonchev–Trinajstić information content (AvgIpc) is 2.90. The molecule has 1 aromatic heterocycles. The van der Waals surface area contributed by atoms with Crippen molar-refractivity contribution in [1.29, 1.82) is 0 Å². The number of rotatable bonds is 9. The molecule has 1 aromatic carbocycles. The van der Waals surface area contributed by atoms with Gasteiger partial charge >= 0.3 is 5.97 Å². The van der Waals surface area contributed by atoms with E-state index in [1.807, 2.05) is 12.1 Å². The molecule has 23 heavy (non-hydrogen) atoms. The summed E-state index contributed by atoms with van der Waals surface area (Å²) in [6, 6.07) is 8.15. The van der Waals surface area contributed by atoms with Crippen molar-refractivity contribution < 1.29 is 14.7 Å². The van der Waals surface area contributed by atoms with Crippen molar-refractivity contribution in [2.24, 2.45) is 0 Å². The van der Waals surface area contributed by atoms with Crippen LogP contribution in [0.25, 0.3) is 10.1 Å². The molecule has 1 amide bonds. The van der Waals surface area contributed by atoms with E-state index in [9.17, 15) is 9.59 Å². The fourth-order valence-electron chi connectivity index (χ4n) is 2.64. The maximum atomic E-state index is 12.5. The molecule has 0 radical (unpaired) electrons. The van der Waals surface area contributed by atoms with Crippen molar-refractivity contribution in [3.05, 3.63) is 34.7 Å². The van der Waals surface area contributed by atoms with E-state index in [0.29, 0.717) is 13.0 Å². The topological polar surface area (TPSA) is 66.4 Å². The van der Waals surface area contributed by atoms with Gasteiger partial charge in [0.15, 0.2) is 0 Å². The van der Waals surface area contributed by atoms with Crippen LogP contribution in [0.3, 0.4) is 0 Å². The lowest BCUT2D eigenvalue weighted by Crippen LogP contribution is -2.24. The maximum absolute atomic E-state index is 12.5. The second-order valence-corrected chi connectivity index (χ2v) is 6.67. The average molecular weight is 333 g/mol. The van der Waals surface area contributed by atoms with Crippen LogP contribution in [0.5, 0.6) is 0 Å². The monoisotopic (exact) mass is 333 g/mol. The first kappa shape index (κ1) is 17.5. The number of hydrogen-bond acceptors (Lipinski definition) is 3. The lowest BCUT2D eigenvalue weighted by atomic mass is 10.1. The molecule has 124 valence electrons. The molecule has 0 saturated carbocycles. The van der Waals surface area contributed by atoms with Gasteiger partial charge in [0.2, 0.25) is 0 Å². The van der Waals surface area contributed by atoms with Crippen LogP contribution in [0.2, 0.25) is 0 Å². The van der Waals surface area contributed by atoms with Gasteiger partial charge in [-0.15, -0.1) is 11.3 Å². The number of amides is 1. The molecule has 0 aliphatic heterocycles. The number of nitrogens with one attached hydrogen (secondary N) is 1. The largest absolute Gasteiger partial charge is 0.481 e. The minimum Gasteiger partial charge on any atom is -0.481 e. The minimum atomic E-state index is -0.761. The van der Waals surface area contributed by atoms with Gasteiger partial charge in [-0.3, -0.25) is 9.59 Å². The van der Waals surface area contributed by atoms with Crippen LogP contribution in [0.15, 0.2) is 24.3 Å². The number of carboxylic acid groups (broad SMARTS) is 1. The molecule has 0 aliphatic carbocycles. The number of hydrogen-bond donors (Lipinski definition) is 2. The van der Waals surface area contributed by atoms with Gasteiger partial charge in [-0.2, -0.15) is 0 Å². The number of aryl methyl sites for hydroxylation is 1. The van der Waals surface area contributed by atoms with Gasteiger partial charge < -0.3 is 10.4 Å². The molecule has 0 bridgehead atoms. The summed E-state index contributed by atoms with van der Waals surface area (Å²) in [5.74, 6) is -0.767. The molecular formula is C18H23NO3S. The Kier molecular flexibility index (Phi) is 6.59. The first-order chi connectivity index (χ1) is 11.1. The van der Waals surface area contributed by atoms with E-state index >= 15 is 0 Å². The Bertz CT molecular complexity index is 678. The first-order valence-corrected chi connectivity index (χ1v) is 8.95. The molecule has 0 unspecified atom stereocenters. The van der Waals surface area contributed by atoms with Gasteiger partial charge in [-0.05, 0) is 36.3 Å². The third kappa shape index (κ3) is 4.79. The molecule has 0 fully saturated rings. The van der Waals surface area contributed by atoms with Crippen LogP contribution in [-0.4, -0.2) is 23.5 Å². The Balaban J connectivity index is 1.95. The lowest BCUT2D eigenvalue weighted by Gasteiger charge is -2.06. The number of carboxylic acids is 1. The SMILES string of the molecule is CCCc1c(C(=O)NCCCCCC(=O)O)sc2ccccc12. The number of carbonyl (C=O) groups is 2. The van der Waals surface area contributed by atoms with Crippen molar-refractivity contribution in [2.75, 3.05) is 6.54 Å². The summed E-state index contributed by atoms with van der Waals surface area (Å²) in [5.41, 5.74) is 1.15. The number of benzene rings is 1. The van der Waals surface area contributed by atoms with Crippen molar-refractivity contribution >= 4 is 33.3 Å². The van der Waals surface area contributed by atoms with Crippen LogP contribution >= 0.6 is 11.3 Å². The lowest BCUT2D eigenvalue weighted by molar-refractivity contribution is -0.137. The van der Waals surface area contributed by atoms with Crippen LogP contribution in [0.4, 0.5) is 0 Å². The van der Waals surface area contributed by atoms with Gasteiger partial charge in [-0.25, -0.2) is 0 Å². The van der Waals surface area contributed by atoms with Gasteiger partial charge in [0.25, 0.3) is 5.91 Å². The molecule has 0 atom stereocenters. The fraction of sp³-hybridized carbons (Fsp3) is 0.444. The highest BCUT2D eigenvalue weighted by Gasteiger charge is 2.17. The summed E-state index contributed by atoms with van der Waals surface area (Å²) >= 11 is 1.55. The number of carbonyl (C=O) groups excluding carboxylic acids is 1. The van der Waals surface area contributed by atoms with E-state index in [-0.39, 0.29) is 12.3 Å². The molecule has 2 aromatic rings. The summed E-state index contributed by atoms with van der Waals surface area (Å²) in [6.07, 6.45) is 4.41. The van der Waals surface area contributed by atoms with Gasteiger partial charge in [0, 0.05) is 17.7 Å². The van der Waals surface area contributed by atoms with Crippen LogP contribution in [0, 0.1) is 0 Å². The van der Waals surface area contributed by atoms with Crippen molar-refractivity contribution in [3.63, 3.8) is 0 Å². The Morgan fingerprint density at radius 2 is 1.96 bits per heavy atom. The second kappa shape index (κ2) is 8.67. The molecule has 5 heteroatoms. The van der Waals surface area contributed by atoms with Crippen molar-refractivity contribution in [2.45, 2.75) is 45.4 Å². The Labute approximate surface area is 140 Å². The summed E-state index contributed by atoms with van der Waals surface area (Å²) in [4.78, 5) is 23.7. The summed E-state index contributed by atoms with van der Waals surface area (Å²) < 4.78 is 1.16. The van der Waals surface area contributed by atoms with E-state index < -0.39 is 5.97 Å². The molecule has 0 aliphatic rings. The summed E-state index contributed by atoms with van der Waals surface area (Å²) in [7, 11) is 0. The molecule has 1 heterocycles. The highest BCUT2D eigenvalue weighted by atomic mass is 32.1. The number of aliphatic carboxylic acids is 1. The van der Waals surface area contributed by atoms with Crippen LogP contribution in [-0.2, 0) is 11.2 Å². The first-order valence-electron chi connectivity index (χ1n) is 8.14. The molecule has 2 rings (SSSR count). The zero-order chi connectivity index (χ0) is 16.7. The summed E-state index contributed by atoms with van der Waals surface area (Å²) in [6.45, 7) is 2.72. The number of fused-ring (bicyclic) bond motifs is 1. The Hall–Kier alpha value is -1.88. The Morgan fingerprint density at radius 3 is 2.70 bits per heavy atom. The third-order valence-electron chi connectivity index (χ3n) is 3.76. The zero-order valence-corrected chi connectivity index (χ0v) is 14.2. The van der Waals surface area contributed by atoms with Gasteiger partial charge in [-0.1, -0.05) is 38.0 Å². The molecule has 4 nitrogen and oxygen atoms in total. The predicted octanol–water partition coefficient (Wildman–Crippen LogP) is 4.23. The molecule has 0 saturated heterocycles. The highest BCUT2D eigenvalue weighted by Crippen LogP contribution is 2.32. The fourth-order valence-corrected chi connectivity index (χ4v) is 3.81. The normalized spacial score (nSPS) is 10.8. The standard InChI is InChI=1S/C18H23NO3S/c1-2-8-14-13-9-5-6-10-15(13)23-17(14)18(22)19-12-7-3-4-11-16(20)21/h5-6,9-10H,2-4,7-8,11-12H2,1H3,(H,19,22)(H,20,21). The van der Waals surface area contributed by atoms with Crippen molar-refractivity contribution in [1.82, 2.24) is 5.32 Å². The van der Waals surface area contributed by atoms with Gasteiger partial charge in [0.05, 0.1) is 4.88 Å². The van der Waals surface area contributed by atoms with Crippen molar-refractivity contribution in [3.8, 4) is 0 Å². The van der Waals surface area contributed by atoms with E-state index in [4.69, 9.17) is 5.11 Å². The third-order valence-corrected chi connectivity index (χ3v) is 4.97. The Morgan fingerprint density at radius 1 is 1.17 bits per heavy atom. The smallest absolute Gasteiger partial charge is 0.303 e. The second-order valence-electron chi connectivity index (χ2n) is 5.62. The number of thiophene rings is 1. The minimum absolute atomic E-state index is 0.00659. The van der Waals surface area contributed by atoms with E-state index in [2.05, 4.69) is 24.4 Å². The molecule has 0 spiro atoms. The molecular weight excluding hydrogens is 310 g/mol.